The molecule has 0 radical (unpaired) electrons. The number of aryl methyl sites for hydroxylation is 1. The van der Waals surface area contributed by atoms with Gasteiger partial charge in [-0.25, -0.2) is 0 Å². The lowest BCUT2D eigenvalue weighted by Crippen LogP contribution is -1.86. The SMILES string of the molecule is Cc1sc(N)c(-c2nc(-c3cc(Br)cs3)no2)c1C. The summed E-state index contributed by atoms with van der Waals surface area (Å²) >= 11 is 6.52. The van der Waals surface area contributed by atoms with E-state index in [-0.39, 0.29) is 0 Å². The van der Waals surface area contributed by atoms with E-state index >= 15 is 0 Å². The third kappa shape index (κ3) is 2.22. The molecule has 0 atom stereocenters. The molecule has 0 fully saturated rings. The molecule has 0 aliphatic rings. The van der Waals surface area contributed by atoms with Gasteiger partial charge in [-0.3, -0.25) is 0 Å². The van der Waals surface area contributed by atoms with Crippen molar-refractivity contribution >= 4 is 43.6 Å². The monoisotopic (exact) mass is 355 g/mol. The molecular formula is C12H10BrN3OS2. The van der Waals surface area contributed by atoms with Crippen LogP contribution in [-0.4, -0.2) is 10.1 Å². The van der Waals surface area contributed by atoms with Crippen molar-refractivity contribution in [3.05, 3.63) is 26.4 Å². The van der Waals surface area contributed by atoms with E-state index in [4.69, 9.17) is 10.3 Å². The van der Waals surface area contributed by atoms with E-state index in [2.05, 4.69) is 26.1 Å². The van der Waals surface area contributed by atoms with E-state index in [0.717, 1.165) is 25.5 Å². The molecule has 2 N–H and O–H groups in total. The summed E-state index contributed by atoms with van der Waals surface area (Å²) in [7, 11) is 0. The highest BCUT2D eigenvalue weighted by atomic mass is 79.9. The third-order valence-electron chi connectivity index (χ3n) is 2.84. The zero-order valence-electron chi connectivity index (χ0n) is 10.2. The number of halogens is 1. The van der Waals surface area contributed by atoms with Crippen LogP contribution >= 0.6 is 38.6 Å². The molecule has 98 valence electrons. The fraction of sp³-hybridized carbons (Fsp3) is 0.167. The molecule has 0 bridgehead atoms. The Labute approximate surface area is 126 Å². The number of rotatable bonds is 2. The maximum Gasteiger partial charge on any atom is 0.261 e. The van der Waals surface area contributed by atoms with Crippen molar-refractivity contribution in [3.63, 3.8) is 0 Å². The number of nitrogen functional groups attached to an aromatic ring is 1. The molecule has 0 aliphatic carbocycles. The van der Waals surface area contributed by atoms with Gasteiger partial charge in [-0.1, -0.05) is 5.16 Å². The van der Waals surface area contributed by atoms with Gasteiger partial charge in [0.15, 0.2) is 0 Å². The number of aromatic nitrogens is 2. The van der Waals surface area contributed by atoms with E-state index in [1.807, 2.05) is 25.3 Å². The van der Waals surface area contributed by atoms with Gasteiger partial charge in [0, 0.05) is 14.7 Å². The molecule has 7 heteroatoms. The maximum absolute atomic E-state index is 6.01. The minimum Gasteiger partial charge on any atom is -0.390 e. The molecule has 19 heavy (non-hydrogen) atoms. The Balaban J connectivity index is 2.06. The quantitative estimate of drug-likeness (QED) is 0.735. The first-order valence-electron chi connectivity index (χ1n) is 5.50. The van der Waals surface area contributed by atoms with E-state index in [1.54, 1.807) is 22.7 Å². The highest BCUT2D eigenvalue weighted by molar-refractivity contribution is 9.10. The fourth-order valence-electron chi connectivity index (χ4n) is 1.77. The number of nitrogens with zero attached hydrogens (tertiary/aromatic N) is 2. The van der Waals surface area contributed by atoms with Gasteiger partial charge in [0.25, 0.3) is 5.89 Å². The molecular weight excluding hydrogens is 346 g/mol. The number of hydrogen-bond donors (Lipinski definition) is 1. The van der Waals surface area contributed by atoms with Crippen LogP contribution < -0.4 is 5.73 Å². The Morgan fingerprint density at radius 2 is 2.16 bits per heavy atom. The van der Waals surface area contributed by atoms with E-state index < -0.39 is 0 Å². The second-order valence-corrected chi connectivity index (χ2v) is 7.16. The molecule has 3 rings (SSSR count). The summed E-state index contributed by atoms with van der Waals surface area (Å²) in [5.41, 5.74) is 7.97. The minimum atomic E-state index is 0.485. The highest BCUT2D eigenvalue weighted by Gasteiger charge is 2.19. The lowest BCUT2D eigenvalue weighted by atomic mass is 10.1. The second kappa shape index (κ2) is 4.73. The van der Waals surface area contributed by atoms with Crippen LogP contribution in [0.3, 0.4) is 0 Å². The van der Waals surface area contributed by atoms with Gasteiger partial charge in [0.05, 0.1) is 15.4 Å². The van der Waals surface area contributed by atoms with Gasteiger partial charge in [-0.15, -0.1) is 22.7 Å². The molecule has 3 aromatic heterocycles. The first kappa shape index (κ1) is 12.8. The number of anilines is 1. The standard InChI is InChI=1S/C12H10BrN3OS2/c1-5-6(2)19-10(14)9(5)12-15-11(16-17-12)8-3-7(13)4-18-8/h3-4H,14H2,1-2H3. The fourth-order valence-corrected chi connectivity index (χ4v) is 4.05. The van der Waals surface area contributed by atoms with Crippen molar-refractivity contribution in [2.45, 2.75) is 13.8 Å². The number of hydrogen-bond acceptors (Lipinski definition) is 6. The molecule has 0 spiro atoms. The Morgan fingerprint density at radius 1 is 1.37 bits per heavy atom. The van der Waals surface area contributed by atoms with Gasteiger partial charge in [0.2, 0.25) is 5.82 Å². The van der Waals surface area contributed by atoms with E-state index in [0.29, 0.717) is 11.7 Å². The Kier molecular flexibility index (Phi) is 3.20. The highest BCUT2D eigenvalue weighted by Crippen LogP contribution is 2.38. The van der Waals surface area contributed by atoms with Crippen LogP contribution in [0, 0.1) is 13.8 Å². The van der Waals surface area contributed by atoms with Crippen molar-refractivity contribution < 1.29 is 4.52 Å². The van der Waals surface area contributed by atoms with Gasteiger partial charge < -0.3 is 10.3 Å². The number of nitrogens with two attached hydrogens (primary N) is 1. The van der Waals surface area contributed by atoms with Gasteiger partial charge in [-0.2, -0.15) is 4.98 Å². The van der Waals surface area contributed by atoms with Crippen LogP contribution in [0.2, 0.25) is 0 Å². The number of thiophene rings is 2. The zero-order chi connectivity index (χ0) is 13.6. The summed E-state index contributed by atoms with van der Waals surface area (Å²) in [6.45, 7) is 4.05. The summed E-state index contributed by atoms with van der Waals surface area (Å²) in [5.74, 6) is 1.08. The maximum atomic E-state index is 6.01. The molecule has 0 aromatic carbocycles. The van der Waals surface area contributed by atoms with Crippen LogP contribution in [0.1, 0.15) is 10.4 Å². The van der Waals surface area contributed by atoms with Crippen LogP contribution in [0.25, 0.3) is 22.2 Å². The van der Waals surface area contributed by atoms with Gasteiger partial charge in [-0.05, 0) is 41.4 Å². The van der Waals surface area contributed by atoms with Crippen LogP contribution in [-0.2, 0) is 0 Å². The average molecular weight is 356 g/mol. The van der Waals surface area contributed by atoms with E-state index in [9.17, 15) is 0 Å². The molecule has 0 amide bonds. The van der Waals surface area contributed by atoms with Crippen LogP contribution in [0.5, 0.6) is 0 Å². The average Bonchev–Trinajstić information content (AvgIpc) is 3.02. The second-order valence-electron chi connectivity index (χ2n) is 4.07. The summed E-state index contributed by atoms with van der Waals surface area (Å²) in [4.78, 5) is 6.57. The van der Waals surface area contributed by atoms with E-state index in [1.165, 1.54) is 4.88 Å². The van der Waals surface area contributed by atoms with Crippen molar-refractivity contribution in [1.82, 2.24) is 10.1 Å². The zero-order valence-corrected chi connectivity index (χ0v) is 13.4. The Hall–Kier alpha value is -1.18. The van der Waals surface area contributed by atoms with Crippen LogP contribution in [0.4, 0.5) is 5.00 Å². The molecule has 3 heterocycles. The summed E-state index contributed by atoms with van der Waals surface area (Å²) in [6, 6.07) is 1.97. The summed E-state index contributed by atoms with van der Waals surface area (Å²) in [5, 5.41) is 6.73. The first-order chi connectivity index (χ1) is 9.06. The summed E-state index contributed by atoms with van der Waals surface area (Å²) in [6.07, 6.45) is 0. The Morgan fingerprint density at radius 3 is 2.74 bits per heavy atom. The van der Waals surface area contributed by atoms with Gasteiger partial charge >= 0.3 is 0 Å². The molecule has 3 aromatic rings. The van der Waals surface area contributed by atoms with Crippen molar-refractivity contribution in [2.24, 2.45) is 0 Å². The van der Waals surface area contributed by atoms with Crippen molar-refractivity contribution in [1.29, 1.82) is 0 Å². The van der Waals surface area contributed by atoms with Crippen molar-refractivity contribution in [2.75, 3.05) is 5.73 Å². The summed E-state index contributed by atoms with van der Waals surface area (Å²) < 4.78 is 6.36. The topological polar surface area (TPSA) is 64.9 Å². The molecule has 0 saturated heterocycles. The molecule has 0 aliphatic heterocycles. The molecule has 4 nitrogen and oxygen atoms in total. The largest absolute Gasteiger partial charge is 0.390 e. The van der Waals surface area contributed by atoms with Crippen molar-refractivity contribution in [3.8, 4) is 22.2 Å². The normalized spacial score (nSPS) is 11.1. The smallest absolute Gasteiger partial charge is 0.261 e. The Bertz CT molecular complexity index is 744. The van der Waals surface area contributed by atoms with Gasteiger partial charge in [0.1, 0.15) is 0 Å². The molecule has 0 unspecified atom stereocenters. The molecule has 0 saturated carbocycles. The lowest BCUT2D eigenvalue weighted by molar-refractivity contribution is 0.432. The first-order valence-corrected chi connectivity index (χ1v) is 7.99. The predicted octanol–water partition coefficient (Wildman–Crippen LogP) is 4.49. The lowest BCUT2D eigenvalue weighted by Gasteiger charge is -1.94. The third-order valence-corrected chi connectivity index (χ3v) is 5.56. The minimum absolute atomic E-state index is 0.485. The van der Waals surface area contributed by atoms with Crippen LogP contribution in [0.15, 0.2) is 20.4 Å². The predicted molar refractivity (Wildman–Crippen MR) is 82.5 cm³/mol.